The van der Waals surface area contributed by atoms with Gasteiger partial charge in [-0.2, -0.15) is 0 Å². The molecule has 0 aliphatic carbocycles. The Bertz CT molecular complexity index is 1210. The third kappa shape index (κ3) is 3.96. The molecule has 1 aliphatic rings. The molecule has 1 aliphatic heterocycles. The number of carbonyl (C=O) groups is 1. The summed E-state index contributed by atoms with van der Waals surface area (Å²) in [6, 6.07) is 11.8. The fourth-order valence-corrected chi connectivity index (χ4v) is 3.96. The van der Waals surface area contributed by atoms with Gasteiger partial charge in [-0.3, -0.25) is 9.78 Å². The van der Waals surface area contributed by atoms with Crippen LogP contribution in [0.1, 0.15) is 23.2 Å². The zero-order chi connectivity index (χ0) is 21.2. The number of benzene rings is 1. The molecule has 0 bridgehead atoms. The molecule has 7 nitrogen and oxygen atoms in total. The number of H-pyrrole nitrogens is 1. The minimum absolute atomic E-state index is 0.0928. The van der Waals surface area contributed by atoms with Gasteiger partial charge < -0.3 is 15.2 Å². The van der Waals surface area contributed by atoms with Gasteiger partial charge in [0.1, 0.15) is 23.6 Å². The van der Waals surface area contributed by atoms with Gasteiger partial charge in [-0.25, -0.2) is 14.4 Å². The van der Waals surface area contributed by atoms with Crippen molar-refractivity contribution in [1.29, 1.82) is 0 Å². The summed E-state index contributed by atoms with van der Waals surface area (Å²) in [6.45, 7) is 1.61. The second-order valence-corrected chi connectivity index (χ2v) is 7.61. The molecule has 2 N–H and O–H groups in total. The molecule has 1 fully saturated rings. The van der Waals surface area contributed by atoms with Gasteiger partial charge in [0.2, 0.25) is 0 Å². The normalized spacial score (nSPS) is 14.7. The van der Waals surface area contributed by atoms with Crippen LogP contribution in [-0.4, -0.2) is 45.0 Å². The van der Waals surface area contributed by atoms with Crippen LogP contribution in [0.15, 0.2) is 61.2 Å². The number of anilines is 1. The van der Waals surface area contributed by atoms with Crippen molar-refractivity contribution < 1.29 is 9.18 Å². The molecule has 156 valence electrons. The Balaban J connectivity index is 1.20. The van der Waals surface area contributed by atoms with Gasteiger partial charge in [0.15, 0.2) is 0 Å². The molecule has 3 aromatic heterocycles. The molecule has 0 radical (unpaired) electrons. The summed E-state index contributed by atoms with van der Waals surface area (Å²) in [5, 5.41) is 4.11. The number of rotatable bonds is 4. The van der Waals surface area contributed by atoms with Gasteiger partial charge in [0.05, 0.1) is 16.6 Å². The predicted octanol–water partition coefficient (Wildman–Crippen LogP) is 3.56. The highest BCUT2D eigenvalue weighted by Gasteiger charge is 2.23. The second-order valence-electron chi connectivity index (χ2n) is 7.61. The second kappa shape index (κ2) is 8.14. The molecule has 5 rings (SSSR count). The highest BCUT2D eigenvalue weighted by molar-refractivity contribution is 5.94. The average molecular weight is 416 g/mol. The van der Waals surface area contributed by atoms with E-state index >= 15 is 0 Å². The maximum atomic E-state index is 13.4. The standard InChI is InChI=1S/C23H21FN6O/c24-17-3-1-2-15(12-17)20-5-4-16(13-26-20)23(31)29-18-7-10-30(11-8-18)22-19-6-9-25-21(19)27-14-28-22/h1-6,9,12-14,18H,7-8,10-11H2,(H,29,31)(H,25,27,28). The van der Waals surface area contributed by atoms with Crippen LogP contribution in [0.4, 0.5) is 10.2 Å². The molecule has 0 unspecified atom stereocenters. The van der Waals surface area contributed by atoms with Crippen LogP contribution in [-0.2, 0) is 0 Å². The summed E-state index contributed by atoms with van der Waals surface area (Å²) < 4.78 is 13.4. The molecule has 0 atom stereocenters. The first-order valence-corrected chi connectivity index (χ1v) is 10.2. The average Bonchev–Trinajstić information content (AvgIpc) is 3.29. The van der Waals surface area contributed by atoms with Crippen molar-refractivity contribution >= 4 is 22.8 Å². The first-order valence-electron chi connectivity index (χ1n) is 10.2. The van der Waals surface area contributed by atoms with Crippen molar-refractivity contribution in [3.63, 3.8) is 0 Å². The third-order valence-electron chi connectivity index (χ3n) is 5.61. The number of hydrogen-bond acceptors (Lipinski definition) is 5. The Morgan fingerprint density at radius 1 is 1.10 bits per heavy atom. The quantitative estimate of drug-likeness (QED) is 0.531. The van der Waals surface area contributed by atoms with E-state index in [1.54, 1.807) is 30.6 Å². The lowest BCUT2D eigenvalue weighted by molar-refractivity contribution is 0.0930. The molecule has 1 aromatic carbocycles. The lowest BCUT2D eigenvalue weighted by Crippen LogP contribution is -2.45. The van der Waals surface area contributed by atoms with E-state index in [0.29, 0.717) is 16.8 Å². The van der Waals surface area contributed by atoms with E-state index in [4.69, 9.17) is 0 Å². The van der Waals surface area contributed by atoms with Crippen LogP contribution < -0.4 is 10.2 Å². The SMILES string of the molecule is O=C(NC1CCN(c2ncnc3[nH]ccc23)CC1)c1ccc(-c2cccc(F)c2)nc1. The van der Waals surface area contributed by atoms with E-state index in [1.807, 2.05) is 12.3 Å². The number of nitrogens with one attached hydrogen (secondary N) is 2. The van der Waals surface area contributed by atoms with E-state index in [9.17, 15) is 9.18 Å². The van der Waals surface area contributed by atoms with Gasteiger partial charge in [0.25, 0.3) is 5.91 Å². The van der Waals surface area contributed by atoms with E-state index in [0.717, 1.165) is 42.8 Å². The number of hydrogen-bond donors (Lipinski definition) is 2. The summed E-state index contributed by atoms with van der Waals surface area (Å²) in [6.07, 6.45) is 6.63. The number of pyridine rings is 1. The van der Waals surface area contributed by atoms with Crippen molar-refractivity contribution in [1.82, 2.24) is 25.3 Å². The molecule has 0 saturated carbocycles. The molecule has 8 heteroatoms. The van der Waals surface area contributed by atoms with Crippen molar-refractivity contribution in [3.8, 4) is 11.3 Å². The molecule has 4 heterocycles. The highest BCUT2D eigenvalue weighted by atomic mass is 19.1. The molecule has 0 spiro atoms. The largest absolute Gasteiger partial charge is 0.356 e. The van der Waals surface area contributed by atoms with Gasteiger partial charge >= 0.3 is 0 Å². The topological polar surface area (TPSA) is 86.8 Å². The molecule has 4 aromatic rings. The first kappa shape index (κ1) is 19.2. The zero-order valence-corrected chi connectivity index (χ0v) is 16.8. The number of carbonyl (C=O) groups excluding carboxylic acids is 1. The van der Waals surface area contributed by atoms with Gasteiger partial charge in [0, 0.05) is 37.1 Å². The van der Waals surface area contributed by atoms with E-state index in [2.05, 4.69) is 30.2 Å². The van der Waals surface area contributed by atoms with Crippen molar-refractivity contribution in [2.45, 2.75) is 18.9 Å². The molecule has 1 saturated heterocycles. The van der Waals surface area contributed by atoms with Crippen LogP contribution in [0.3, 0.4) is 0 Å². The van der Waals surface area contributed by atoms with Crippen LogP contribution >= 0.6 is 0 Å². The fraction of sp³-hybridized carbons (Fsp3) is 0.217. The van der Waals surface area contributed by atoms with Gasteiger partial charge in [-0.05, 0) is 43.2 Å². The smallest absolute Gasteiger partial charge is 0.253 e. The zero-order valence-electron chi connectivity index (χ0n) is 16.8. The molecular formula is C23H21FN6O. The van der Waals surface area contributed by atoms with Crippen molar-refractivity contribution in [3.05, 3.63) is 72.6 Å². The monoisotopic (exact) mass is 416 g/mol. The number of aromatic amines is 1. The molecular weight excluding hydrogens is 395 g/mol. The van der Waals surface area contributed by atoms with E-state index in [1.165, 1.54) is 18.3 Å². The lowest BCUT2D eigenvalue weighted by Gasteiger charge is -2.33. The van der Waals surface area contributed by atoms with Crippen molar-refractivity contribution in [2.75, 3.05) is 18.0 Å². The van der Waals surface area contributed by atoms with E-state index in [-0.39, 0.29) is 17.8 Å². The summed E-state index contributed by atoms with van der Waals surface area (Å²) >= 11 is 0. The molecule has 31 heavy (non-hydrogen) atoms. The van der Waals surface area contributed by atoms with Crippen LogP contribution in [0.25, 0.3) is 22.3 Å². The molecule has 1 amide bonds. The van der Waals surface area contributed by atoms with Crippen molar-refractivity contribution in [2.24, 2.45) is 0 Å². The number of fused-ring (bicyclic) bond motifs is 1. The Labute approximate surface area is 178 Å². The summed E-state index contributed by atoms with van der Waals surface area (Å²) in [7, 11) is 0. The summed E-state index contributed by atoms with van der Waals surface area (Å²) in [5.41, 5.74) is 2.63. The van der Waals surface area contributed by atoms with Crippen LogP contribution in [0.5, 0.6) is 0 Å². The van der Waals surface area contributed by atoms with E-state index < -0.39 is 0 Å². The summed E-state index contributed by atoms with van der Waals surface area (Å²) in [4.78, 5) is 31.0. The Morgan fingerprint density at radius 3 is 2.74 bits per heavy atom. The fourth-order valence-electron chi connectivity index (χ4n) is 3.96. The third-order valence-corrected chi connectivity index (χ3v) is 5.61. The highest BCUT2D eigenvalue weighted by Crippen LogP contribution is 2.25. The minimum atomic E-state index is -0.313. The number of nitrogens with zero attached hydrogens (tertiary/aromatic N) is 4. The number of aromatic nitrogens is 4. The predicted molar refractivity (Wildman–Crippen MR) is 116 cm³/mol. The maximum Gasteiger partial charge on any atom is 0.253 e. The number of amides is 1. The lowest BCUT2D eigenvalue weighted by atomic mass is 10.0. The maximum absolute atomic E-state index is 13.4. The Morgan fingerprint density at radius 2 is 1.97 bits per heavy atom. The van der Waals surface area contributed by atoms with Gasteiger partial charge in [-0.1, -0.05) is 12.1 Å². The van der Waals surface area contributed by atoms with Gasteiger partial charge in [-0.15, -0.1) is 0 Å². The summed E-state index contributed by atoms with van der Waals surface area (Å²) in [5.74, 6) is 0.464. The van der Waals surface area contributed by atoms with Crippen LogP contribution in [0, 0.1) is 5.82 Å². The Hall–Kier alpha value is -3.81. The Kier molecular flexibility index (Phi) is 5.03. The van der Waals surface area contributed by atoms with Crippen LogP contribution in [0.2, 0.25) is 0 Å². The minimum Gasteiger partial charge on any atom is -0.356 e. The number of halogens is 1. The first-order chi connectivity index (χ1) is 15.2. The number of piperidine rings is 1.